The fourth-order valence-electron chi connectivity index (χ4n) is 3.44. The first-order chi connectivity index (χ1) is 14.0. The molecule has 4 rings (SSSR count). The molecule has 0 aliphatic carbocycles. The van der Waals surface area contributed by atoms with Crippen molar-refractivity contribution in [2.75, 3.05) is 32.1 Å². The van der Waals surface area contributed by atoms with Crippen LogP contribution < -0.4 is 10.2 Å². The minimum absolute atomic E-state index is 0.245. The maximum Gasteiger partial charge on any atom is 0.414 e. The molecule has 2 heterocycles. The Labute approximate surface area is 168 Å². The van der Waals surface area contributed by atoms with Crippen LogP contribution in [-0.2, 0) is 17.8 Å². The topological polar surface area (TPSA) is 75.0 Å². The normalized spacial score (nSPS) is 13.9. The van der Waals surface area contributed by atoms with Gasteiger partial charge in [0, 0.05) is 29.7 Å². The third-order valence-corrected chi connectivity index (χ3v) is 4.84. The average Bonchev–Trinajstić information content (AvgIpc) is 3.30. The van der Waals surface area contributed by atoms with Crippen LogP contribution in [0.15, 0.2) is 52.9 Å². The van der Waals surface area contributed by atoms with E-state index in [1.54, 1.807) is 4.90 Å². The van der Waals surface area contributed by atoms with Crippen molar-refractivity contribution in [3.05, 3.63) is 65.4 Å². The van der Waals surface area contributed by atoms with E-state index < -0.39 is 0 Å². The molecule has 1 aromatic heterocycles. The highest BCUT2D eigenvalue weighted by Crippen LogP contribution is 2.27. The molecule has 0 atom stereocenters. The number of hydrogen-bond acceptors (Lipinski definition) is 5. The van der Waals surface area contributed by atoms with Gasteiger partial charge >= 0.3 is 6.09 Å². The molecular formula is C22H23N3O4. The first-order valence-electron chi connectivity index (χ1n) is 9.49. The standard InChI is InChI=1S/C22H23N3O4/c1-24(2)14-18-17-5-3-4-6-19(17)29-20(18)21(26)23-13-15-7-9-16(10-8-15)25-11-12-28-22(25)27/h3-10H,11-14H2,1-2H3,(H,23,26). The maximum absolute atomic E-state index is 12.8. The molecule has 1 N–H and O–H groups in total. The number of furan rings is 1. The third kappa shape index (κ3) is 3.95. The first kappa shape index (κ1) is 19.0. The van der Waals surface area contributed by atoms with E-state index >= 15 is 0 Å². The number of fused-ring (bicyclic) bond motifs is 1. The van der Waals surface area contributed by atoms with Crippen molar-refractivity contribution in [2.24, 2.45) is 0 Å². The number of amides is 2. The molecule has 0 radical (unpaired) electrons. The zero-order valence-corrected chi connectivity index (χ0v) is 16.5. The lowest BCUT2D eigenvalue weighted by molar-refractivity contribution is 0.0923. The molecule has 2 aromatic carbocycles. The van der Waals surface area contributed by atoms with Crippen LogP contribution in [0.25, 0.3) is 11.0 Å². The molecule has 0 bridgehead atoms. The van der Waals surface area contributed by atoms with Crippen molar-refractivity contribution >= 4 is 28.7 Å². The SMILES string of the molecule is CN(C)Cc1c(C(=O)NCc2ccc(N3CCOC3=O)cc2)oc2ccccc12. The molecule has 29 heavy (non-hydrogen) atoms. The van der Waals surface area contributed by atoms with Gasteiger partial charge in [-0.2, -0.15) is 0 Å². The summed E-state index contributed by atoms with van der Waals surface area (Å²) in [5.41, 5.74) is 3.30. The molecule has 1 saturated heterocycles. The van der Waals surface area contributed by atoms with Gasteiger partial charge in [-0.25, -0.2) is 4.79 Å². The van der Waals surface area contributed by atoms with Crippen LogP contribution in [-0.4, -0.2) is 44.1 Å². The summed E-state index contributed by atoms with van der Waals surface area (Å²) >= 11 is 0. The molecule has 0 spiro atoms. The van der Waals surface area contributed by atoms with E-state index in [0.29, 0.717) is 37.6 Å². The highest BCUT2D eigenvalue weighted by Gasteiger charge is 2.23. The predicted octanol–water partition coefficient (Wildman–Crippen LogP) is 3.38. The summed E-state index contributed by atoms with van der Waals surface area (Å²) in [6.45, 7) is 1.93. The number of carbonyl (C=O) groups excluding carboxylic acids is 2. The Kier molecular flexibility index (Phi) is 5.22. The summed E-state index contributed by atoms with van der Waals surface area (Å²) in [4.78, 5) is 28.1. The molecule has 7 heteroatoms. The highest BCUT2D eigenvalue weighted by molar-refractivity contribution is 5.99. The molecule has 1 aliphatic rings. The van der Waals surface area contributed by atoms with Gasteiger partial charge in [-0.1, -0.05) is 30.3 Å². The number of ether oxygens (including phenoxy) is 1. The summed E-state index contributed by atoms with van der Waals surface area (Å²) in [7, 11) is 3.92. The van der Waals surface area contributed by atoms with E-state index in [4.69, 9.17) is 9.15 Å². The molecular weight excluding hydrogens is 370 g/mol. The van der Waals surface area contributed by atoms with Crippen molar-refractivity contribution in [3.8, 4) is 0 Å². The van der Waals surface area contributed by atoms with Gasteiger partial charge in [0.15, 0.2) is 5.76 Å². The summed E-state index contributed by atoms with van der Waals surface area (Å²) in [6, 6.07) is 15.2. The molecule has 0 unspecified atom stereocenters. The Morgan fingerprint density at radius 1 is 1.14 bits per heavy atom. The van der Waals surface area contributed by atoms with Crippen LogP contribution in [0.4, 0.5) is 10.5 Å². The number of nitrogens with zero attached hydrogens (tertiary/aromatic N) is 2. The van der Waals surface area contributed by atoms with Gasteiger partial charge in [-0.05, 0) is 37.9 Å². The van der Waals surface area contributed by atoms with Crippen LogP contribution in [0.1, 0.15) is 21.7 Å². The van der Waals surface area contributed by atoms with Crippen molar-refractivity contribution < 1.29 is 18.7 Å². The van der Waals surface area contributed by atoms with Gasteiger partial charge in [0.2, 0.25) is 0 Å². The van der Waals surface area contributed by atoms with Gasteiger partial charge in [0.05, 0.1) is 6.54 Å². The van der Waals surface area contributed by atoms with Crippen LogP contribution in [0, 0.1) is 0 Å². The van der Waals surface area contributed by atoms with Gasteiger partial charge < -0.3 is 19.4 Å². The molecule has 150 valence electrons. The highest BCUT2D eigenvalue weighted by atomic mass is 16.6. The van der Waals surface area contributed by atoms with Crippen molar-refractivity contribution in [1.82, 2.24) is 10.2 Å². The van der Waals surface area contributed by atoms with Crippen LogP contribution >= 0.6 is 0 Å². The van der Waals surface area contributed by atoms with Crippen molar-refractivity contribution in [3.63, 3.8) is 0 Å². The number of anilines is 1. The fraction of sp³-hybridized carbons (Fsp3) is 0.273. The van der Waals surface area contributed by atoms with Gasteiger partial charge in [-0.15, -0.1) is 0 Å². The lowest BCUT2D eigenvalue weighted by atomic mass is 10.1. The van der Waals surface area contributed by atoms with Crippen molar-refractivity contribution in [1.29, 1.82) is 0 Å². The second-order valence-corrected chi connectivity index (χ2v) is 7.26. The summed E-state index contributed by atoms with van der Waals surface area (Å²) < 4.78 is 10.8. The molecule has 2 amide bonds. The van der Waals surface area contributed by atoms with E-state index in [0.717, 1.165) is 22.2 Å². The van der Waals surface area contributed by atoms with Crippen LogP contribution in [0.2, 0.25) is 0 Å². The summed E-state index contributed by atoms with van der Waals surface area (Å²) in [5.74, 6) is 0.0987. The number of hydrogen-bond donors (Lipinski definition) is 1. The lowest BCUT2D eigenvalue weighted by Crippen LogP contribution is -2.25. The van der Waals surface area contributed by atoms with Gasteiger partial charge in [-0.3, -0.25) is 9.69 Å². The largest absolute Gasteiger partial charge is 0.451 e. The quantitative estimate of drug-likeness (QED) is 0.695. The molecule has 7 nitrogen and oxygen atoms in total. The average molecular weight is 393 g/mol. The molecule has 0 saturated carbocycles. The zero-order chi connectivity index (χ0) is 20.4. The number of benzene rings is 2. The number of cyclic esters (lactones) is 1. The van der Waals surface area contributed by atoms with Crippen LogP contribution in [0.5, 0.6) is 0 Å². The molecule has 1 fully saturated rings. The third-order valence-electron chi connectivity index (χ3n) is 4.84. The fourth-order valence-corrected chi connectivity index (χ4v) is 3.44. The second kappa shape index (κ2) is 7.97. The van der Waals surface area contributed by atoms with E-state index in [1.807, 2.05) is 67.5 Å². The van der Waals surface area contributed by atoms with E-state index in [-0.39, 0.29) is 12.0 Å². The number of rotatable bonds is 6. The smallest absolute Gasteiger partial charge is 0.414 e. The molecule has 1 aliphatic heterocycles. The Hall–Kier alpha value is -3.32. The minimum atomic E-state index is -0.329. The van der Waals surface area contributed by atoms with Gasteiger partial charge in [0.1, 0.15) is 12.2 Å². The minimum Gasteiger partial charge on any atom is -0.451 e. The predicted molar refractivity (Wildman–Crippen MR) is 110 cm³/mol. The monoisotopic (exact) mass is 393 g/mol. The summed E-state index contributed by atoms with van der Waals surface area (Å²) in [6.07, 6.45) is -0.329. The van der Waals surface area contributed by atoms with Crippen molar-refractivity contribution in [2.45, 2.75) is 13.1 Å². The first-order valence-corrected chi connectivity index (χ1v) is 9.49. The van der Waals surface area contributed by atoms with E-state index in [2.05, 4.69) is 5.32 Å². The molecule has 3 aromatic rings. The Morgan fingerprint density at radius 3 is 2.59 bits per heavy atom. The number of carbonyl (C=O) groups is 2. The maximum atomic E-state index is 12.8. The van der Waals surface area contributed by atoms with E-state index in [1.165, 1.54) is 0 Å². The Bertz CT molecular complexity index is 1040. The number of para-hydroxylation sites is 1. The number of nitrogens with one attached hydrogen (secondary N) is 1. The Morgan fingerprint density at radius 2 is 1.90 bits per heavy atom. The van der Waals surface area contributed by atoms with Crippen LogP contribution in [0.3, 0.4) is 0 Å². The van der Waals surface area contributed by atoms with Gasteiger partial charge in [0.25, 0.3) is 5.91 Å². The second-order valence-electron chi connectivity index (χ2n) is 7.26. The zero-order valence-electron chi connectivity index (χ0n) is 16.5. The lowest BCUT2D eigenvalue weighted by Gasteiger charge is -2.13. The van der Waals surface area contributed by atoms with E-state index in [9.17, 15) is 9.59 Å². The Balaban J connectivity index is 1.48. The summed E-state index contributed by atoms with van der Waals surface area (Å²) in [5, 5.41) is 3.88.